The first-order valence-electron chi connectivity index (χ1n) is 5.57. The van der Waals surface area contributed by atoms with Gasteiger partial charge < -0.3 is 15.1 Å². The molecule has 1 aliphatic rings. The molecule has 102 valence electrons. The van der Waals surface area contributed by atoms with Gasteiger partial charge in [0.25, 0.3) is 0 Å². The number of anilines is 1. The Kier molecular flexibility index (Phi) is 4.13. The second kappa shape index (κ2) is 5.48. The third-order valence-corrected chi connectivity index (χ3v) is 3.81. The van der Waals surface area contributed by atoms with Crippen molar-refractivity contribution in [1.82, 2.24) is 0 Å². The van der Waals surface area contributed by atoms with Crippen LogP contribution in [0.3, 0.4) is 0 Å². The van der Waals surface area contributed by atoms with Crippen LogP contribution >= 0.6 is 27.5 Å². The van der Waals surface area contributed by atoms with Gasteiger partial charge in [-0.05, 0) is 28.1 Å². The second-order valence-electron chi connectivity index (χ2n) is 4.35. The SMILES string of the molecule is O=C(O)c1cc(Cl)cc(Br)c1N1CC(CO)CC1=O. The van der Waals surface area contributed by atoms with Crippen molar-refractivity contribution in [2.75, 3.05) is 18.1 Å². The number of hydrogen-bond acceptors (Lipinski definition) is 3. The van der Waals surface area contributed by atoms with Gasteiger partial charge in [0.15, 0.2) is 0 Å². The fourth-order valence-electron chi connectivity index (χ4n) is 2.12. The highest BCUT2D eigenvalue weighted by Crippen LogP contribution is 2.36. The number of carboxylic acids is 1. The van der Waals surface area contributed by atoms with E-state index in [-0.39, 0.29) is 41.1 Å². The number of carboxylic acid groups (broad SMARTS) is 1. The number of benzene rings is 1. The summed E-state index contributed by atoms with van der Waals surface area (Å²) in [5.41, 5.74) is 0.254. The van der Waals surface area contributed by atoms with E-state index < -0.39 is 5.97 Å². The highest BCUT2D eigenvalue weighted by atomic mass is 79.9. The molecule has 2 N–H and O–H groups in total. The molecule has 5 nitrogen and oxygen atoms in total. The van der Waals surface area contributed by atoms with Crippen LogP contribution in [0.25, 0.3) is 0 Å². The fourth-order valence-corrected chi connectivity index (χ4v) is 3.15. The number of carbonyl (C=O) groups is 2. The van der Waals surface area contributed by atoms with Crippen molar-refractivity contribution < 1.29 is 19.8 Å². The molecule has 1 saturated heterocycles. The van der Waals surface area contributed by atoms with Gasteiger partial charge in [0.05, 0.1) is 11.3 Å². The van der Waals surface area contributed by atoms with Gasteiger partial charge in [-0.1, -0.05) is 11.6 Å². The lowest BCUT2D eigenvalue weighted by molar-refractivity contribution is -0.117. The van der Waals surface area contributed by atoms with Crippen LogP contribution < -0.4 is 4.90 Å². The largest absolute Gasteiger partial charge is 0.478 e. The summed E-state index contributed by atoms with van der Waals surface area (Å²) in [4.78, 5) is 24.6. The normalized spacial score (nSPS) is 19.0. The van der Waals surface area contributed by atoms with Crippen molar-refractivity contribution in [2.45, 2.75) is 6.42 Å². The van der Waals surface area contributed by atoms with E-state index in [1.807, 2.05) is 0 Å². The van der Waals surface area contributed by atoms with Crippen molar-refractivity contribution in [1.29, 1.82) is 0 Å². The number of aromatic carboxylic acids is 1. The predicted octanol–water partition coefficient (Wildman–Crippen LogP) is 2.15. The minimum absolute atomic E-state index is 0.0358. The summed E-state index contributed by atoms with van der Waals surface area (Å²) >= 11 is 9.07. The number of aliphatic hydroxyl groups is 1. The van der Waals surface area contributed by atoms with Gasteiger partial charge >= 0.3 is 5.97 Å². The molecule has 0 radical (unpaired) electrons. The van der Waals surface area contributed by atoms with Crippen LogP contribution in [-0.4, -0.2) is 35.2 Å². The number of hydrogen-bond donors (Lipinski definition) is 2. The van der Waals surface area contributed by atoms with E-state index in [0.717, 1.165) is 0 Å². The van der Waals surface area contributed by atoms with E-state index >= 15 is 0 Å². The lowest BCUT2D eigenvalue weighted by atomic mass is 10.1. The zero-order chi connectivity index (χ0) is 14.2. The third kappa shape index (κ3) is 2.75. The average molecular weight is 349 g/mol. The predicted molar refractivity (Wildman–Crippen MR) is 73.7 cm³/mol. The third-order valence-electron chi connectivity index (χ3n) is 2.99. The quantitative estimate of drug-likeness (QED) is 0.877. The molecule has 1 fully saturated rings. The second-order valence-corrected chi connectivity index (χ2v) is 5.64. The van der Waals surface area contributed by atoms with Gasteiger partial charge in [0, 0.05) is 35.0 Å². The van der Waals surface area contributed by atoms with Gasteiger partial charge in [-0.25, -0.2) is 4.79 Å². The maximum atomic E-state index is 11.9. The van der Waals surface area contributed by atoms with E-state index in [4.69, 9.17) is 16.7 Å². The van der Waals surface area contributed by atoms with E-state index in [1.165, 1.54) is 11.0 Å². The molecular weight excluding hydrogens is 337 g/mol. The number of rotatable bonds is 3. The smallest absolute Gasteiger partial charge is 0.337 e. The number of halogens is 2. The molecule has 1 aliphatic heterocycles. The topological polar surface area (TPSA) is 77.8 Å². The molecular formula is C12H11BrClNO4. The summed E-state index contributed by atoms with van der Waals surface area (Å²) in [6.07, 6.45) is 0.213. The van der Waals surface area contributed by atoms with Crippen LogP contribution in [-0.2, 0) is 4.79 Å². The minimum atomic E-state index is -1.15. The van der Waals surface area contributed by atoms with Crippen molar-refractivity contribution in [2.24, 2.45) is 5.92 Å². The van der Waals surface area contributed by atoms with Gasteiger partial charge in [0.2, 0.25) is 5.91 Å². The maximum Gasteiger partial charge on any atom is 0.337 e. The summed E-state index contributed by atoms with van der Waals surface area (Å²) in [6.45, 7) is 0.200. The molecule has 1 heterocycles. The van der Waals surface area contributed by atoms with Crippen molar-refractivity contribution in [3.63, 3.8) is 0 Å². The molecule has 2 rings (SSSR count). The summed E-state index contributed by atoms with van der Waals surface area (Å²) in [5, 5.41) is 18.6. The molecule has 1 amide bonds. The lowest BCUT2D eigenvalue weighted by Gasteiger charge is -2.20. The first-order valence-corrected chi connectivity index (χ1v) is 6.74. The van der Waals surface area contributed by atoms with Crippen LogP contribution in [0.4, 0.5) is 5.69 Å². The molecule has 0 aliphatic carbocycles. The number of aliphatic hydroxyl groups excluding tert-OH is 1. The Morgan fingerprint density at radius 1 is 1.53 bits per heavy atom. The molecule has 0 aromatic heterocycles. The van der Waals surface area contributed by atoms with Crippen LogP contribution in [0, 0.1) is 5.92 Å². The van der Waals surface area contributed by atoms with Crippen LogP contribution in [0.1, 0.15) is 16.8 Å². The van der Waals surface area contributed by atoms with Gasteiger partial charge in [-0.15, -0.1) is 0 Å². The molecule has 0 bridgehead atoms. The highest BCUT2D eigenvalue weighted by Gasteiger charge is 2.33. The summed E-state index contributed by atoms with van der Waals surface area (Å²) < 4.78 is 0.448. The van der Waals surface area contributed by atoms with Gasteiger partial charge in [-0.2, -0.15) is 0 Å². The molecule has 1 unspecified atom stereocenters. The Hall–Kier alpha value is -1.11. The molecule has 19 heavy (non-hydrogen) atoms. The first kappa shape index (κ1) is 14.3. The fraction of sp³-hybridized carbons (Fsp3) is 0.333. The average Bonchev–Trinajstić information content (AvgIpc) is 2.69. The molecule has 1 aromatic rings. The van der Waals surface area contributed by atoms with E-state index in [0.29, 0.717) is 11.0 Å². The van der Waals surface area contributed by atoms with E-state index in [1.54, 1.807) is 6.07 Å². The summed E-state index contributed by atoms with van der Waals surface area (Å²) in [7, 11) is 0. The zero-order valence-electron chi connectivity index (χ0n) is 9.77. The molecule has 0 spiro atoms. The van der Waals surface area contributed by atoms with Gasteiger partial charge in [0.1, 0.15) is 0 Å². The van der Waals surface area contributed by atoms with Crippen LogP contribution in [0.2, 0.25) is 5.02 Å². The Balaban J connectivity index is 2.50. The Morgan fingerprint density at radius 3 is 2.74 bits per heavy atom. The maximum absolute atomic E-state index is 11.9. The minimum Gasteiger partial charge on any atom is -0.478 e. The molecule has 7 heteroatoms. The van der Waals surface area contributed by atoms with Crippen molar-refractivity contribution in [3.05, 3.63) is 27.2 Å². The van der Waals surface area contributed by atoms with E-state index in [9.17, 15) is 14.7 Å². The first-order chi connectivity index (χ1) is 8.93. The number of carbonyl (C=O) groups excluding carboxylic acids is 1. The molecule has 0 saturated carbocycles. The Labute approximate surface area is 122 Å². The van der Waals surface area contributed by atoms with Gasteiger partial charge in [-0.3, -0.25) is 4.79 Å². The van der Waals surface area contributed by atoms with E-state index in [2.05, 4.69) is 15.9 Å². The summed E-state index contributed by atoms with van der Waals surface area (Å²) in [6, 6.07) is 2.85. The van der Waals surface area contributed by atoms with Crippen LogP contribution in [0.15, 0.2) is 16.6 Å². The van der Waals surface area contributed by atoms with Crippen molar-refractivity contribution in [3.8, 4) is 0 Å². The Morgan fingerprint density at radius 2 is 2.21 bits per heavy atom. The highest BCUT2D eigenvalue weighted by molar-refractivity contribution is 9.10. The number of amides is 1. The van der Waals surface area contributed by atoms with Crippen molar-refractivity contribution >= 4 is 45.1 Å². The standard InChI is InChI=1S/C12H11BrClNO4/c13-9-3-7(14)2-8(12(18)19)11(9)15-4-6(5-16)1-10(15)17/h2-3,6,16H,1,4-5H2,(H,18,19). The molecule has 1 atom stereocenters. The monoisotopic (exact) mass is 347 g/mol. The zero-order valence-corrected chi connectivity index (χ0v) is 12.1. The summed E-state index contributed by atoms with van der Waals surface area (Å²) in [5.74, 6) is -1.53. The molecule has 1 aromatic carbocycles. The number of nitrogens with zero attached hydrogens (tertiary/aromatic N) is 1. The lowest BCUT2D eigenvalue weighted by Crippen LogP contribution is -2.27. The van der Waals surface area contributed by atoms with Crippen LogP contribution in [0.5, 0.6) is 0 Å². The Bertz CT molecular complexity index is 549.